The Balaban J connectivity index is 2.28. The number of carboxylic acids is 1. The molecule has 2 N–H and O–H groups in total. The highest BCUT2D eigenvalue weighted by Gasteiger charge is 2.20. The summed E-state index contributed by atoms with van der Waals surface area (Å²) in [7, 11) is 0. The summed E-state index contributed by atoms with van der Waals surface area (Å²) in [6, 6.07) is 2.83. The van der Waals surface area contributed by atoms with Gasteiger partial charge < -0.3 is 10.4 Å². The van der Waals surface area contributed by atoms with Crippen LogP contribution in [0.3, 0.4) is 0 Å². The second-order valence-electron chi connectivity index (χ2n) is 5.19. The van der Waals surface area contributed by atoms with Gasteiger partial charge in [-0.2, -0.15) is 0 Å². The van der Waals surface area contributed by atoms with Crippen LogP contribution in [0.15, 0.2) is 23.7 Å². The molecule has 0 spiro atoms. The number of aliphatic imine (C=N–C) groups is 1. The topological polar surface area (TPSA) is 61.7 Å². The molecular weight excluding hydrogens is 259 g/mol. The molecule has 1 unspecified atom stereocenters. The fraction of sp³-hybridized carbons (Fsp3) is 0.333. The number of nitrogens with zero attached hydrogens (tertiary/aromatic N) is 1. The van der Waals surface area contributed by atoms with Gasteiger partial charge in [-0.15, -0.1) is 0 Å². The second kappa shape index (κ2) is 5.45. The smallest absolute Gasteiger partial charge is 0.303 e. The normalized spacial score (nSPS) is 15.2. The molecule has 0 saturated heterocycles. The summed E-state index contributed by atoms with van der Waals surface area (Å²) in [5, 5.41) is 11.8. The van der Waals surface area contributed by atoms with Gasteiger partial charge in [0.25, 0.3) is 0 Å². The average molecular weight is 276 g/mol. The molecule has 0 aliphatic carbocycles. The number of hydrogen-bond donors (Lipinski definition) is 2. The molecule has 0 amide bonds. The summed E-state index contributed by atoms with van der Waals surface area (Å²) in [4.78, 5) is 15.2. The maximum absolute atomic E-state index is 13.4. The van der Waals surface area contributed by atoms with Crippen molar-refractivity contribution in [3.63, 3.8) is 0 Å². The van der Waals surface area contributed by atoms with Gasteiger partial charge in [0, 0.05) is 24.1 Å². The number of halogens is 1. The van der Waals surface area contributed by atoms with Crippen LogP contribution in [0.5, 0.6) is 0 Å². The van der Waals surface area contributed by atoms with Crippen molar-refractivity contribution in [3.8, 4) is 0 Å². The minimum atomic E-state index is -0.827. The summed E-state index contributed by atoms with van der Waals surface area (Å²) >= 11 is 0. The van der Waals surface area contributed by atoms with Crippen LogP contribution in [-0.2, 0) is 4.79 Å². The largest absolute Gasteiger partial charge is 0.481 e. The molecule has 1 heterocycles. The van der Waals surface area contributed by atoms with Crippen LogP contribution in [0.1, 0.15) is 30.9 Å². The van der Waals surface area contributed by atoms with Crippen molar-refractivity contribution in [3.05, 3.63) is 35.7 Å². The lowest BCUT2D eigenvalue weighted by Crippen LogP contribution is -2.27. The standard InChI is InChI=1S/C15H17FN2O2/c1-8(5-14(19)20)4-13-17-10(3)12-7-11(16)6-9(2)15(12)18-13/h6-8H,3-5H2,1-2H3,(H,17,18)(H,19,20). The van der Waals surface area contributed by atoms with E-state index in [0.29, 0.717) is 29.2 Å². The zero-order valence-corrected chi connectivity index (χ0v) is 11.5. The third-order valence-corrected chi connectivity index (χ3v) is 3.20. The predicted octanol–water partition coefficient (Wildman–Crippen LogP) is 3.24. The van der Waals surface area contributed by atoms with Gasteiger partial charge >= 0.3 is 5.97 Å². The van der Waals surface area contributed by atoms with Crippen LogP contribution >= 0.6 is 0 Å². The molecule has 1 aromatic rings. The minimum Gasteiger partial charge on any atom is -0.481 e. The fourth-order valence-electron chi connectivity index (χ4n) is 2.32. The first-order valence-electron chi connectivity index (χ1n) is 6.42. The maximum Gasteiger partial charge on any atom is 0.303 e. The zero-order valence-electron chi connectivity index (χ0n) is 11.5. The number of fused-ring (bicyclic) bond motifs is 1. The first-order valence-corrected chi connectivity index (χ1v) is 6.42. The first kappa shape index (κ1) is 14.2. The van der Waals surface area contributed by atoms with Crippen LogP contribution in [-0.4, -0.2) is 16.9 Å². The van der Waals surface area contributed by atoms with Gasteiger partial charge in [0.1, 0.15) is 11.7 Å². The molecule has 2 rings (SSSR count). The van der Waals surface area contributed by atoms with Crippen LogP contribution in [0, 0.1) is 18.7 Å². The fourth-order valence-corrected chi connectivity index (χ4v) is 2.32. The van der Waals surface area contributed by atoms with Gasteiger partial charge in [-0.3, -0.25) is 4.79 Å². The number of aryl methyl sites for hydroxylation is 1. The van der Waals surface area contributed by atoms with E-state index < -0.39 is 5.97 Å². The quantitative estimate of drug-likeness (QED) is 0.887. The molecule has 0 bridgehead atoms. The average Bonchev–Trinajstić information content (AvgIpc) is 2.29. The Kier molecular flexibility index (Phi) is 3.88. The van der Waals surface area contributed by atoms with E-state index in [1.165, 1.54) is 12.1 Å². The Morgan fingerprint density at radius 1 is 1.55 bits per heavy atom. The van der Waals surface area contributed by atoms with Gasteiger partial charge in [0.15, 0.2) is 0 Å². The highest BCUT2D eigenvalue weighted by Crippen LogP contribution is 2.33. The maximum atomic E-state index is 13.4. The van der Waals surface area contributed by atoms with Crippen molar-refractivity contribution < 1.29 is 14.3 Å². The number of aliphatic carboxylic acids is 1. The number of nitrogens with one attached hydrogen (secondary N) is 1. The number of carboxylic acid groups (broad SMARTS) is 1. The van der Waals surface area contributed by atoms with E-state index >= 15 is 0 Å². The van der Waals surface area contributed by atoms with Crippen LogP contribution < -0.4 is 5.32 Å². The van der Waals surface area contributed by atoms with Crippen molar-refractivity contribution in [2.24, 2.45) is 10.9 Å². The Bertz CT molecular complexity index is 608. The van der Waals surface area contributed by atoms with Crippen molar-refractivity contribution in [1.82, 2.24) is 5.32 Å². The minimum absolute atomic E-state index is 0.0335. The molecular formula is C15H17FN2O2. The van der Waals surface area contributed by atoms with Gasteiger partial charge in [-0.1, -0.05) is 13.5 Å². The number of amidine groups is 1. The van der Waals surface area contributed by atoms with Crippen molar-refractivity contribution in [2.45, 2.75) is 26.7 Å². The van der Waals surface area contributed by atoms with Crippen LogP contribution in [0.4, 0.5) is 10.1 Å². The van der Waals surface area contributed by atoms with Crippen molar-refractivity contribution >= 4 is 23.2 Å². The summed E-state index contributed by atoms with van der Waals surface area (Å²) in [5.74, 6) is -0.506. The summed E-state index contributed by atoms with van der Waals surface area (Å²) in [6.45, 7) is 7.53. The van der Waals surface area contributed by atoms with Crippen molar-refractivity contribution in [1.29, 1.82) is 0 Å². The summed E-state index contributed by atoms with van der Waals surface area (Å²) in [6.07, 6.45) is 0.601. The molecule has 1 atom stereocenters. The van der Waals surface area contributed by atoms with E-state index in [-0.39, 0.29) is 18.2 Å². The van der Waals surface area contributed by atoms with E-state index in [9.17, 15) is 9.18 Å². The molecule has 0 saturated carbocycles. The molecule has 4 nitrogen and oxygen atoms in total. The number of hydrogen-bond acceptors (Lipinski definition) is 3. The Labute approximate surface area is 117 Å². The van der Waals surface area contributed by atoms with Gasteiger partial charge in [-0.05, 0) is 30.5 Å². The lowest BCUT2D eigenvalue weighted by Gasteiger charge is -2.22. The van der Waals surface area contributed by atoms with Gasteiger partial charge in [0.05, 0.1) is 5.69 Å². The van der Waals surface area contributed by atoms with Gasteiger partial charge in [-0.25, -0.2) is 9.38 Å². The third-order valence-electron chi connectivity index (χ3n) is 3.20. The lowest BCUT2D eigenvalue weighted by atomic mass is 10.00. The van der Waals surface area contributed by atoms with Gasteiger partial charge in [0.2, 0.25) is 0 Å². The van der Waals surface area contributed by atoms with E-state index in [1.807, 2.05) is 6.92 Å². The first-order chi connectivity index (χ1) is 9.36. The molecule has 1 aromatic carbocycles. The highest BCUT2D eigenvalue weighted by atomic mass is 19.1. The SMILES string of the molecule is C=C1NC(CC(C)CC(=O)O)=Nc2c(C)cc(F)cc21. The summed E-state index contributed by atoms with van der Waals surface area (Å²) < 4.78 is 13.4. The van der Waals surface area contributed by atoms with Crippen molar-refractivity contribution in [2.75, 3.05) is 0 Å². The van der Waals surface area contributed by atoms with Crippen LogP contribution in [0.25, 0.3) is 5.70 Å². The zero-order chi connectivity index (χ0) is 14.9. The summed E-state index contributed by atoms with van der Waals surface area (Å²) in [5.41, 5.74) is 2.69. The Morgan fingerprint density at radius 2 is 2.25 bits per heavy atom. The van der Waals surface area contributed by atoms with E-state index in [2.05, 4.69) is 16.9 Å². The number of rotatable bonds is 4. The Morgan fingerprint density at radius 3 is 2.90 bits per heavy atom. The molecule has 1 aliphatic rings. The third kappa shape index (κ3) is 3.04. The van der Waals surface area contributed by atoms with E-state index in [0.717, 1.165) is 5.56 Å². The highest BCUT2D eigenvalue weighted by molar-refractivity contribution is 5.98. The number of carbonyl (C=O) groups is 1. The lowest BCUT2D eigenvalue weighted by molar-refractivity contribution is -0.137. The molecule has 20 heavy (non-hydrogen) atoms. The molecule has 106 valence electrons. The van der Waals surface area contributed by atoms with Crippen LogP contribution in [0.2, 0.25) is 0 Å². The second-order valence-corrected chi connectivity index (χ2v) is 5.19. The predicted molar refractivity (Wildman–Crippen MR) is 76.4 cm³/mol. The van der Waals surface area contributed by atoms with E-state index in [1.54, 1.807) is 6.92 Å². The molecule has 5 heteroatoms. The monoisotopic (exact) mass is 276 g/mol. The molecule has 0 fully saturated rings. The Hall–Kier alpha value is -2.17. The molecule has 0 radical (unpaired) electrons. The molecule has 0 aromatic heterocycles. The van der Waals surface area contributed by atoms with E-state index in [4.69, 9.17) is 5.11 Å². The number of benzene rings is 1. The molecule has 1 aliphatic heterocycles.